The van der Waals surface area contributed by atoms with Gasteiger partial charge in [0.05, 0.1) is 0 Å². The second-order valence-electron chi connectivity index (χ2n) is 5.43. The topological polar surface area (TPSA) is 68.2 Å². The lowest BCUT2D eigenvalue weighted by atomic mass is 9.97. The van der Waals surface area contributed by atoms with Crippen LogP contribution in [0.25, 0.3) is 11.4 Å². The summed E-state index contributed by atoms with van der Waals surface area (Å²) in [6, 6.07) is 7.98. The van der Waals surface area contributed by atoms with E-state index >= 15 is 0 Å². The molecule has 5 nitrogen and oxygen atoms in total. The van der Waals surface area contributed by atoms with E-state index < -0.39 is 0 Å². The standard InChI is InChI=1S/C15H20N4O/c1-19-8-6-13(7-9-19)15-17-14(18-20-15)12-4-2-11(10-16)3-5-12/h2-5,13H,6-10,16H2,1H3. The van der Waals surface area contributed by atoms with Crippen LogP contribution in [0.1, 0.15) is 30.2 Å². The van der Waals surface area contributed by atoms with Crippen LogP contribution in [0, 0.1) is 0 Å². The number of hydrogen-bond acceptors (Lipinski definition) is 5. The Morgan fingerprint density at radius 3 is 2.60 bits per heavy atom. The number of benzene rings is 1. The summed E-state index contributed by atoms with van der Waals surface area (Å²) in [6.07, 6.45) is 2.18. The number of piperidine rings is 1. The molecule has 0 saturated carbocycles. The van der Waals surface area contributed by atoms with E-state index in [9.17, 15) is 0 Å². The minimum Gasteiger partial charge on any atom is -0.339 e. The van der Waals surface area contributed by atoms with E-state index in [1.807, 2.05) is 24.3 Å². The number of hydrogen-bond donors (Lipinski definition) is 1. The molecular weight excluding hydrogens is 252 g/mol. The average Bonchev–Trinajstić information content (AvgIpc) is 2.98. The van der Waals surface area contributed by atoms with Crippen LogP contribution in [0.15, 0.2) is 28.8 Å². The predicted molar refractivity (Wildman–Crippen MR) is 77.1 cm³/mol. The highest BCUT2D eigenvalue weighted by Gasteiger charge is 2.23. The van der Waals surface area contributed by atoms with Crippen molar-refractivity contribution in [2.45, 2.75) is 25.3 Å². The summed E-state index contributed by atoms with van der Waals surface area (Å²) >= 11 is 0. The van der Waals surface area contributed by atoms with E-state index in [1.165, 1.54) is 0 Å². The molecule has 0 aliphatic carbocycles. The van der Waals surface area contributed by atoms with Crippen molar-refractivity contribution in [2.75, 3.05) is 20.1 Å². The van der Waals surface area contributed by atoms with Gasteiger partial charge in [0.15, 0.2) is 0 Å². The Bertz CT molecular complexity index is 556. The van der Waals surface area contributed by atoms with E-state index in [1.54, 1.807) is 0 Å². The summed E-state index contributed by atoms with van der Waals surface area (Å²) in [6.45, 7) is 2.73. The Kier molecular flexibility index (Phi) is 3.80. The lowest BCUT2D eigenvalue weighted by Gasteiger charge is -2.26. The van der Waals surface area contributed by atoms with Crippen LogP contribution in [0.2, 0.25) is 0 Å². The smallest absolute Gasteiger partial charge is 0.230 e. The fourth-order valence-corrected chi connectivity index (χ4v) is 2.56. The van der Waals surface area contributed by atoms with Gasteiger partial charge in [-0.2, -0.15) is 4.98 Å². The highest BCUT2D eigenvalue weighted by atomic mass is 16.5. The van der Waals surface area contributed by atoms with Crippen molar-refractivity contribution in [1.29, 1.82) is 0 Å². The summed E-state index contributed by atoms with van der Waals surface area (Å²) in [5, 5.41) is 4.11. The maximum Gasteiger partial charge on any atom is 0.230 e. The summed E-state index contributed by atoms with van der Waals surface area (Å²) in [7, 11) is 2.15. The largest absolute Gasteiger partial charge is 0.339 e. The van der Waals surface area contributed by atoms with E-state index in [0.717, 1.165) is 42.9 Å². The molecule has 106 valence electrons. The summed E-state index contributed by atoms with van der Waals surface area (Å²) < 4.78 is 5.45. The van der Waals surface area contributed by atoms with Gasteiger partial charge in [-0.3, -0.25) is 0 Å². The van der Waals surface area contributed by atoms with E-state index in [4.69, 9.17) is 10.3 Å². The molecule has 3 rings (SSSR count). The normalized spacial score (nSPS) is 17.5. The monoisotopic (exact) mass is 272 g/mol. The maximum atomic E-state index is 5.60. The molecule has 0 amide bonds. The molecule has 1 aromatic carbocycles. The Labute approximate surface area is 118 Å². The molecule has 0 radical (unpaired) electrons. The Morgan fingerprint density at radius 1 is 1.25 bits per heavy atom. The van der Waals surface area contributed by atoms with Crippen molar-refractivity contribution >= 4 is 0 Å². The number of nitrogens with two attached hydrogens (primary N) is 1. The number of likely N-dealkylation sites (tertiary alicyclic amines) is 1. The van der Waals surface area contributed by atoms with Gasteiger partial charge in [-0.05, 0) is 38.5 Å². The van der Waals surface area contributed by atoms with Gasteiger partial charge in [0.1, 0.15) is 0 Å². The minimum atomic E-state index is 0.399. The SMILES string of the molecule is CN1CCC(c2nc(-c3ccc(CN)cc3)no2)CC1. The van der Waals surface area contributed by atoms with Gasteiger partial charge in [-0.25, -0.2) is 0 Å². The third-order valence-electron chi connectivity index (χ3n) is 3.96. The molecule has 2 heterocycles. The van der Waals surface area contributed by atoms with Gasteiger partial charge in [0, 0.05) is 18.0 Å². The molecule has 0 bridgehead atoms. The van der Waals surface area contributed by atoms with Crippen molar-refractivity contribution in [2.24, 2.45) is 5.73 Å². The molecular formula is C15H20N4O. The van der Waals surface area contributed by atoms with Crippen LogP contribution >= 0.6 is 0 Å². The predicted octanol–water partition coefficient (Wildman–Crippen LogP) is 2.00. The Hall–Kier alpha value is -1.72. The molecule has 2 aromatic rings. The number of aromatic nitrogens is 2. The van der Waals surface area contributed by atoms with E-state index in [0.29, 0.717) is 18.3 Å². The van der Waals surface area contributed by atoms with Crippen LogP contribution in [-0.4, -0.2) is 35.2 Å². The van der Waals surface area contributed by atoms with Crippen molar-refractivity contribution in [3.63, 3.8) is 0 Å². The van der Waals surface area contributed by atoms with Gasteiger partial charge in [0.2, 0.25) is 11.7 Å². The second-order valence-corrected chi connectivity index (χ2v) is 5.43. The molecule has 0 spiro atoms. The summed E-state index contributed by atoms with van der Waals surface area (Å²) in [4.78, 5) is 6.89. The first kappa shape index (κ1) is 13.3. The second kappa shape index (κ2) is 5.73. The Morgan fingerprint density at radius 2 is 1.95 bits per heavy atom. The molecule has 1 saturated heterocycles. The third kappa shape index (κ3) is 2.73. The average molecular weight is 272 g/mol. The molecule has 0 atom stereocenters. The molecule has 2 N–H and O–H groups in total. The maximum absolute atomic E-state index is 5.60. The van der Waals surface area contributed by atoms with Gasteiger partial charge < -0.3 is 15.2 Å². The highest BCUT2D eigenvalue weighted by Crippen LogP contribution is 2.27. The molecule has 0 unspecified atom stereocenters. The van der Waals surface area contributed by atoms with Crippen LogP contribution in [0.4, 0.5) is 0 Å². The van der Waals surface area contributed by atoms with Crippen LogP contribution in [-0.2, 0) is 6.54 Å². The van der Waals surface area contributed by atoms with Crippen LogP contribution in [0.5, 0.6) is 0 Å². The zero-order valence-corrected chi connectivity index (χ0v) is 11.7. The zero-order chi connectivity index (χ0) is 13.9. The van der Waals surface area contributed by atoms with Crippen molar-refractivity contribution in [3.05, 3.63) is 35.7 Å². The summed E-state index contributed by atoms with van der Waals surface area (Å²) in [5.41, 5.74) is 7.68. The van der Waals surface area contributed by atoms with E-state index in [-0.39, 0.29) is 0 Å². The molecule has 5 heteroatoms. The van der Waals surface area contributed by atoms with Crippen molar-refractivity contribution in [3.8, 4) is 11.4 Å². The lowest BCUT2D eigenvalue weighted by molar-refractivity contribution is 0.227. The zero-order valence-electron chi connectivity index (χ0n) is 11.7. The fraction of sp³-hybridized carbons (Fsp3) is 0.467. The number of rotatable bonds is 3. The first-order valence-corrected chi connectivity index (χ1v) is 7.08. The first-order chi connectivity index (χ1) is 9.76. The molecule has 1 aromatic heterocycles. The minimum absolute atomic E-state index is 0.399. The van der Waals surface area contributed by atoms with Gasteiger partial charge in [0.25, 0.3) is 0 Å². The highest BCUT2D eigenvalue weighted by molar-refractivity contribution is 5.54. The van der Waals surface area contributed by atoms with Gasteiger partial charge in [-0.15, -0.1) is 0 Å². The van der Waals surface area contributed by atoms with Crippen LogP contribution in [0.3, 0.4) is 0 Å². The molecule has 1 aliphatic heterocycles. The third-order valence-corrected chi connectivity index (χ3v) is 3.96. The fourth-order valence-electron chi connectivity index (χ4n) is 2.56. The van der Waals surface area contributed by atoms with Crippen molar-refractivity contribution in [1.82, 2.24) is 15.0 Å². The molecule has 1 fully saturated rings. The summed E-state index contributed by atoms with van der Waals surface area (Å²) in [5.74, 6) is 1.84. The molecule has 20 heavy (non-hydrogen) atoms. The van der Waals surface area contributed by atoms with Gasteiger partial charge >= 0.3 is 0 Å². The number of nitrogens with zero attached hydrogens (tertiary/aromatic N) is 3. The van der Waals surface area contributed by atoms with Crippen LogP contribution < -0.4 is 5.73 Å². The first-order valence-electron chi connectivity index (χ1n) is 7.08. The molecule has 1 aliphatic rings. The van der Waals surface area contributed by atoms with Gasteiger partial charge in [-0.1, -0.05) is 29.4 Å². The lowest BCUT2D eigenvalue weighted by Crippen LogP contribution is -2.29. The Balaban J connectivity index is 1.75. The van der Waals surface area contributed by atoms with Crippen molar-refractivity contribution < 1.29 is 4.52 Å². The van der Waals surface area contributed by atoms with E-state index in [2.05, 4.69) is 22.1 Å². The quantitative estimate of drug-likeness (QED) is 0.925.